The summed E-state index contributed by atoms with van der Waals surface area (Å²) in [6.45, 7) is 4.50. The number of hydrogen-bond acceptors (Lipinski definition) is 0. The van der Waals surface area contributed by atoms with Gasteiger partial charge in [-0.2, -0.15) is 0 Å². The highest BCUT2D eigenvalue weighted by Crippen LogP contribution is 2.32. The highest BCUT2D eigenvalue weighted by Gasteiger charge is 2.18. The van der Waals surface area contributed by atoms with E-state index in [4.69, 9.17) is 0 Å². The van der Waals surface area contributed by atoms with E-state index < -0.39 is 0 Å². The molecule has 0 spiro atoms. The van der Waals surface area contributed by atoms with Gasteiger partial charge in [0.25, 0.3) is 0 Å². The summed E-state index contributed by atoms with van der Waals surface area (Å²) in [4.78, 5) is 0. The van der Waals surface area contributed by atoms with Crippen LogP contribution in [0.15, 0.2) is 54.6 Å². The molecule has 0 heterocycles. The van der Waals surface area contributed by atoms with Gasteiger partial charge in [-0.25, -0.2) is 0 Å². The van der Waals surface area contributed by atoms with Crippen LogP contribution in [0, 0.1) is 11.8 Å². The van der Waals surface area contributed by atoms with Crippen molar-refractivity contribution in [3.05, 3.63) is 60.2 Å². The van der Waals surface area contributed by atoms with Crippen molar-refractivity contribution >= 4 is 0 Å². The largest absolute Gasteiger partial charge is 0.0813 e. The van der Waals surface area contributed by atoms with E-state index in [-0.39, 0.29) is 0 Å². The van der Waals surface area contributed by atoms with Crippen LogP contribution in [0.1, 0.15) is 31.7 Å². The molecule has 16 heavy (non-hydrogen) atoms. The quantitative estimate of drug-likeness (QED) is 0.644. The molecule has 0 N–H and O–H groups in total. The van der Waals surface area contributed by atoms with Crippen LogP contribution in [0.25, 0.3) is 0 Å². The number of benzene rings is 1. The number of hydrogen-bond donors (Lipinski definition) is 0. The van der Waals surface area contributed by atoms with Crippen molar-refractivity contribution < 1.29 is 0 Å². The molecule has 0 amide bonds. The summed E-state index contributed by atoms with van der Waals surface area (Å²) >= 11 is 0. The van der Waals surface area contributed by atoms with Crippen LogP contribution >= 0.6 is 0 Å². The smallest absolute Gasteiger partial charge is 0.00156 e. The fraction of sp³-hybridized carbons (Fsp3) is 0.375. The van der Waals surface area contributed by atoms with Gasteiger partial charge in [-0.3, -0.25) is 0 Å². The van der Waals surface area contributed by atoms with Crippen LogP contribution in [0.4, 0.5) is 0 Å². The second kappa shape index (κ2) is 5.16. The summed E-state index contributed by atoms with van der Waals surface area (Å²) in [5, 5.41) is 0. The molecule has 0 heteroatoms. The van der Waals surface area contributed by atoms with Crippen LogP contribution in [0.2, 0.25) is 0 Å². The number of rotatable bonds is 3. The summed E-state index contributed by atoms with van der Waals surface area (Å²) in [5.74, 6) is 1.80. The Hall–Kier alpha value is -1.30. The Morgan fingerprint density at radius 1 is 1.00 bits per heavy atom. The molecule has 1 atom stereocenters. The predicted molar refractivity (Wildman–Crippen MR) is 70.4 cm³/mol. The van der Waals surface area contributed by atoms with Gasteiger partial charge in [0, 0.05) is 5.92 Å². The molecule has 0 aromatic heterocycles. The molecule has 0 fully saturated rings. The van der Waals surface area contributed by atoms with Gasteiger partial charge in [0.15, 0.2) is 0 Å². The normalized spacial score (nSPS) is 25.6. The third-order valence-corrected chi connectivity index (χ3v) is 3.41. The molecule has 1 aromatic carbocycles. The first kappa shape index (κ1) is 11.2. The molecule has 2 rings (SSSR count). The fourth-order valence-corrected chi connectivity index (χ4v) is 2.43. The molecule has 0 nitrogen and oxygen atoms in total. The van der Waals surface area contributed by atoms with Crippen molar-refractivity contribution in [1.29, 1.82) is 0 Å². The molecule has 0 aliphatic heterocycles. The monoisotopic (exact) mass is 212 g/mol. The van der Waals surface area contributed by atoms with Gasteiger partial charge in [0.2, 0.25) is 0 Å². The van der Waals surface area contributed by atoms with Gasteiger partial charge in [-0.1, -0.05) is 68.5 Å². The lowest BCUT2D eigenvalue weighted by Gasteiger charge is -2.24. The molecule has 0 radical (unpaired) electrons. The van der Waals surface area contributed by atoms with E-state index in [0.717, 1.165) is 0 Å². The van der Waals surface area contributed by atoms with Crippen molar-refractivity contribution in [3.63, 3.8) is 0 Å². The van der Waals surface area contributed by atoms with Crippen molar-refractivity contribution in [3.8, 4) is 0 Å². The molecule has 1 aromatic rings. The zero-order valence-electron chi connectivity index (χ0n) is 10.1. The third kappa shape index (κ3) is 2.44. The maximum absolute atomic E-state index is 2.37. The zero-order chi connectivity index (χ0) is 11.4. The first-order valence-corrected chi connectivity index (χ1v) is 6.23. The Balaban J connectivity index is 2.18. The minimum absolute atomic E-state index is 0.573. The summed E-state index contributed by atoms with van der Waals surface area (Å²) in [7, 11) is 0. The van der Waals surface area contributed by atoms with Gasteiger partial charge in [0.1, 0.15) is 0 Å². The molecular weight excluding hydrogens is 192 g/mol. The average Bonchev–Trinajstić information content (AvgIpc) is 2.34. The summed E-state index contributed by atoms with van der Waals surface area (Å²) in [6, 6.07) is 10.8. The van der Waals surface area contributed by atoms with Gasteiger partial charge in [-0.15, -0.1) is 0 Å². The highest BCUT2D eigenvalue weighted by molar-refractivity contribution is 5.26. The molecular formula is C16H20. The van der Waals surface area contributed by atoms with E-state index in [1.807, 2.05) is 0 Å². The summed E-state index contributed by atoms with van der Waals surface area (Å²) in [6.07, 6.45) is 10.6. The first-order valence-electron chi connectivity index (χ1n) is 6.23. The Bertz CT molecular complexity index is 358. The molecule has 0 saturated carbocycles. The van der Waals surface area contributed by atoms with Crippen molar-refractivity contribution in [2.45, 2.75) is 26.2 Å². The van der Waals surface area contributed by atoms with Crippen LogP contribution in [-0.2, 0) is 0 Å². The average molecular weight is 212 g/mol. The minimum atomic E-state index is 0.573. The van der Waals surface area contributed by atoms with Gasteiger partial charge >= 0.3 is 0 Å². The molecule has 0 saturated heterocycles. The first-order chi connectivity index (χ1) is 7.81. The molecule has 1 unspecified atom stereocenters. The maximum Gasteiger partial charge on any atom is 0.00156 e. The summed E-state index contributed by atoms with van der Waals surface area (Å²) in [5.41, 5.74) is 1.46. The molecule has 1 aliphatic carbocycles. The molecule has 1 aliphatic rings. The Morgan fingerprint density at radius 2 is 1.62 bits per heavy atom. The second-order valence-electron chi connectivity index (χ2n) is 4.63. The highest BCUT2D eigenvalue weighted by atomic mass is 14.2. The van der Waals surface area contributed by atoms with Crippen LogP contribution in [-0.4, -0.2) is 0 Å². The van der Waals surface area contributed by atoms with Crippen molar-refractivity contribution in [1.82, 2.24) is 0 Å². The maximum atomic E-state index is 2.37. The van der Waals surface area contributed by atoms with E-state index in [1.165, 1.54) is 12.0 Å². The number of allylic oxidation sites excluding steroid dienone is 4. The van der Waals surface area contributed by atoms with E-state index in [0.29, 0.717) is 17.8 Å². The fourth-order valence-electron chi connectivity index (χ4n) is 2.43. The minimum Gasteiger partial charge on any atom is -0.0813 e. The van der Waals surface area contributed by atoms with Gasteiger partial charge in [-0.05, 0) is 23.8 Å². The van der Waals surface area contributed by atoms with E-state index in [9.17, 15) is 0 Å². The van der Waals surface area contributed by atoms with E-state index in [2.05, 4.69) is 68.5 Å². The van der Waals surface area contributed by atoms with Crippen LogP contribution in [0.5, 0.6) is 0 Å². The Labute approximate surface area is 98.7 Å². The van der Waals surface area contributed by atoms with Crippen molar-refractivity contribution in [2.75, 3.05) is 0 Å². The predicted octanol–water partition coefficient (Wildman–Crippen LogP) is 4.56. The lowest BCUT2D eigenvalue weighted by Crippen LogP contribution is -2.10. The lowest BCUT2D eigenvalue weighted by molar-refractivity contribution is 0.563. The standard InChI is InChI=1S/C16H20/c1-3-16(14-7-5-4-6-8-14)15-11-9-13(2)10-12-15/h4-13,15-16H,3H2,1-2H3. The van der Waals surface area contributed by atoms with Crippen molar-refractivity contribution in [2.24, 2.45) is 11.8 Å². The SMILES string of the molecule is CCC(c1ccccc1)C1C=CC(C)C=C1. The van der Waals surface area contributed by atoms with E-state index >= 15 is 0 Å². The topological polar surface area (TPSA) is 0 Å². The van der Waals surface area contributed by atoms with E-state index in [1.54, 1.807) is 0 Å². The third-order valence-electron chi connectivity index (χ3n) is 3.41. The second-order valence-corrected chi connectivity index (χ2v) is 4.63. The Morgan fingerprint density at radius 3 is 2.19 bits per heavy atom. The molecule has 84 valence electrons. The van der Waals surface area contributed by atoms with Crippen LogP contribution in [0.3, 0.4) is 0 Å². The molecule has 0 bridgehead atoms. The van der Waals surface area contributed by atoms with Gasteiger partial charge < -0.3 is 0 Å². The van der Waals surface area contributed by atoms with Gasteiger partial charge in [0.05, 0.1) is 0 Å². The van der Waals surface area contributed by atoms with Crippen LogP contribution < -0.4 is 0 Å². The Kier molecular flexibility index (Phi) is 3.61. The summed E-state index contributed by atoms with van der Waals surface area (Å²) < 4.78 is 0. The zero-order valence-corrected chi connectivity index (χ0v) is 10.1. The lowest BCUT2D eigenvalue weighted by atomic mass is 9.81.